The first-order valence-electron chi connectivity index (χ1n) is 9.75. The first kappa shape index (κ1) is 17.3. The van der Waals surface area contributed by atoms with E-state index >= 15 is 0 Å². The van der Waals surface area contributed by atoms with E-state index in [2.05, 4.69) is 16.7 Å². The maximum atomic E-state index is 12.5. The molecule has 1 aliphatic carbocycles. The third kappa shape index (κ3) is 2.61. The molecule has 5 rings (SSSR count). The molecule has 1 aromatic heterocycles. The van der Waals surface area contributed by atoms with Crippen LogP contribution in [0.3, 0.4) is 0 Å². The van der Waals surface area contributed by atoms with Gasteiger partial charge in [0.2, 0.25) is 17.6 Å². The van der Waals surface area contributed by atoms with Gasteiger partial charge >= 0.3 is 0 Å². The minimum Gasteiger partial charge on any atom is -0.331 e. The highest BCUT2D eigenvalue weighted by atomic mass is 16.2. The SMILES string of the molecule is O=CC(=O)c1c2cc3c(cc2cn1C1CCC(=O)NC1=O)CC1CNCC1C3. The fraction of sp³-hybridized carbons (Fsp3) is 0.429. The Morgan fingerprint density at radius 1 is 1.11 bits per heavy atom. The van der Waals surface area contributed by atoms with Crippen LogP contribution in [0.15, 0.2) is 18.3 Å². The van der Waals surface area contributed by atoms with Crippen LogP contribution in [0, 0.1) is 11.8 Å². The molecular weight excluding hydrogens is 358 g/mol. The molecule has 2 saturated heterocycles. The lowest BCUT2D eigenvalue weighted by Crippen LogP contribution is -2.42. The number of aldehydes is 1. The number of aromatic nitrogens is 1. The number of hydrogen-bond acceptors (Lipinski definition) is 5. The number of hydrogen-bond donors (Lipinski definition) is 2. The van der Waals surface area contributed by atoms with Crippen molar-refractivity contribution >= 4 is 34.7 Å². The van der Waals surface area contributed by atoms with Gasteiger partial charge in [-0.25, -0.2) is 0 Å². The van der Waals surface area contributed by atoms with E-state index in [0.717, 1.165) is 31.3 Å². The molecule has 0 bridgehead atoms. The van der Waals surface area contributed by atoms with Crippen molar-refractivity contribution in [3.63, 3.8) is 0 Å². The Hall–Kier alpha value is -2.80. The van der Waals surface area contributed by atoms with Crippen molar-refractivity contribution < 1.29 is 19.2 Å². The lowest BCUT2D eigenvalue weighted by atomic mass is 9.77. The summed E-state index contributed by atoms with van der Waals surface area (Å²) < 4.78 is 1.59. The van der Waals surface area contributed by atoms with Gasteiger partial charge in [0, 0.05) is 23.4 Å². The van der Waals surface area contributed by atoms with E-state index in [0.29, 0.717) is 29.9 Å². The monoisotopic (exact) mass is 379 g/mol. The number of carbonyl (C=O) groups is 4. The zero-order valence-electron chi connectivity index (χ0n) is 15.4. The van der Waals surface area contributed by atoms with Gasteiger partial charge in [-0.05, 0) is 67.4 Å². The third-order valence-electron chi connectivity index (χ3n) is 6.49. The van der Waals surface area contributed by atoms with Crippen molar-refractivity contribution in [2.45, 2.75) is 31.7 Å². The van der Waals surface area contributed by atoms with Crippen molar-refractivity contribution in [1.29, 1.82) is 0 Å². The molecule has 7 heteroatoms. The van der Waals surface area contributed by atoms with E-state index in [-0.39, 0.29) is 18.0 Å². The highest BCUT2D eigenvalue weighted by molar-refractivity contribution is 6.36. The second-order valence-electron chi connectivity index (χ2n) is 8.13. The van der Waals surface area contributed by atoms with Gasteiger partial charge in [0.25, 0.3) is 0 Å². The number of carbonyl (C=O) groups excluding carboxylic acids is 4. The Morgan fingerprint density at radius 2 is 1.82 bits per heavy atom. The maximum Gasteiger partial charge on any atom is 0.249 e. The van der Waals surface area contributed by atoms with Crippen LogP contribution in [-0.4, -0.2) is 41.5 Å². The van der Waals surface area contributed by atoms with Crippen LogP contribution in [0.4, 0.5) is 0 Å². The molecule has 3 atom stereocenters. The molecule has 2 aliphatic heterocycles. The number of fused-ring (bicyclic) bond motifs is 3. The van der Waals surface area contributed by atoms with Gasteiger partial charge in [-0.3, -0.25) is 24.5 Å². The Labute approximate surface area is 161 Å². The molecule has 3 unspecified atom stereocenters. The number of rotatable bonds is 3. The predicted octanol–water partition coefficient (Wildman–Crippen LogP) is 0.935. The number of piperidine rings is 1. The summed E-state index contributed by atoms with van der Waals surface area (Å²) in [7, 11) is 0. The second-order valence-corrected chi connectivity index (χ2v) is 8.13. The molecule has 7 nitrogen and oxygen atoms in total. The quantitative estimate of drug-likeness (QED) is 0.358. The lowest BCUT2D eigenvalue weighted by molar-refractivity contribution is -0.135. The Morgan fingerprint density at radius 3 is 2.50 bits per heavy atom. The van der Waals surface area contributed by atoms with Crippen molar-refractivity contribution in [1.82, 2.24) is 15.2 Å². The minimum absolute atomic E-state index is 0.215. The number of nitrogens with zero attached hydrogens (tertiary/aromatic N) is 1. The van der Waals surface area contributed by atoms with E-state index in [1.165, 1.54) is 11.1 Å². The summed E-state index contributed by atoms with van der Waals surface area (Å²) in [5.74, 6) is -0.139. The number of ketones is 1. The van der Waals surface area contributed by atoms with Crippen molar-refractivity contribution in [3.8, 4) is 0 Å². The average Bonchev–Trinajstić information content (AvgIpc) is 3.27. The third-order valence-corrected chi connectivity index (χ3v) is 6.49. The number of Topliss-reactive ketones (excluding diaryl/α,β-unsaturated/α-hetero) is 1. The minimum atomic E-state index is -0.662. The van der Waals surface area contributed by atoms with Gasteiger partial charge in [0.15, 0.2) is 6.29 Å². The summed E-state index contributed by atoms with van der Waals surface area (Å²) in [5, 5.41) is 7.36. The van der Waals surface area contributed by atoms with Gasteiger partial charge in [-0.2, -0.15) is 0 Å². The molecule has 28 heavy (non-hydrogen) atoms. The zero-order chi connectivity index (χ0) is 19.4. The van der Waals surface area contributed by atoms with Crippen molar-refractivity contribution in [2.75, 3.05) is 13.1 Å². The molecule has 3 heterocycles. The molecule has 0 spiro atoms. The molecule has 3 aliphatic rings. The van der Waals surface area contributed by atoms with Gasteiger partial charge in [-0.15, -0.1) is 0 Å². The summed E-state index contributed by atoms with van der Waals surface area (Å²) in [6.07, 6.45) is 4.58. The molecule has 2 N–H and O–H groups in total. The standard InChI is InChI=1S/C21H21N3O4/c25-10-18(26)20-16-6-12-4-14-8-22-7-13(14)3-11(12)5-15(16)9-24(20)17-1-2-19(27)23-21(17)28/h5-6,9-10,13-14,17,22H,1-4,7-8H2,(H,23,27,28). The van der Waals surface area contributed by atoms with Crippen LogP contribution >= 0.6 is 0 Å². The molecule has 1 aromatic carbocycles. The predicted molar refractivity (Wildman–Crippen MR) is 101 cm³/mol. The van der Waals surface area contributed by atoms with Crippen LogP contribution < -0.4 is 10.6 Å². The van der Waals surface area contributed by atoms with E-state index in [1.54, 1.807) is 10.8 Å². The van der Waals surface area contributed by atoms with Crippen LogP contribution in [-0.2, 0) is 27.2 Å². The van der Waals surface area contributed by atoms with E-state index in [4.69, 9.17) is 0 Å². The van der Waals surface area contributed by atoms with Gasteiger partial charge < -0.3 is 9.88 Å². The fourth-order valence-electron chi connectivity index (χ4n) is 5.09. The van der Waals surface area contributed by atoms with Crippen molar-refractivity contribution in [2.24, 2.45) is 11.8 Å². The maximum absolute atomic E-state index is 12.5. The summed E-state index contributed by atoms with van der Waals surface area (Å²) in [6, 6.07) is 3.46. The smallest absolute Gasteiger partial charge is 0.249 e. The fourth-order valence-corrected chi connectivity index (χ4v) is 5.09. The molecule has 2 aromatic rings. The van der Waals surface area contributed by atoms with Crippen LogP contribution in [0.5, 0.6) is 0 Å². The zero-order valence-corrected chi connectivity index (χ0v) is 15.4. The van der Waals surface area contributed by atoms with Crippen LogP contribution in [0.1, 0.15) is 40.5 Å². The Balaban J connectivity index is 1.65. The molecule has 144 valence electrons. The first-order chi connectivity index (χ1) is 13.5. The largest absolute Gasteiger partial charge is 0.331 e. The van der Waals surface area contributed by atoms with Gasteiger partial charge in [0.05, 0.1) is 0 Å². The first-order valence-corrected chi connectivity index (χ1v) is 9.75. The molecular formula is C21H21N3O4. The highest BCUT2D eigenvalue weighted by Gasteiger charge is 2.34. The Bertz CT molecular complexity index is 1040. The molecule has 0 saturated carbocycles. The molecule has 2 amide bonds. The van der Waals surface area contributed by atoms with E-state index < -0.39 is 17.7 Å². The van der Waals surface area contributed by atoms with Gasteiger partial charge in [0.1, 0.15) is 11.7 Å². The topological polar surface area (TPSA) is 97.3 Å². The number of imide groups is 1. The summed E-state index contributed by atoms with van der Waals surface area (Å²) >= 11 is 0. The summed E-state index contributed by atoms with van der Waals surface area (Å²) in [4.78, 5) is 47.7. The highest BCUT2D eigenvalue weighted by Crippen LogP contribution is 2.37. The van der Waals surface area contributed by atoms with Crippen molar-refractivity contribution in [3.05, 3.63) is 35.2 Å². The molecule has 0 radical (unpaired) electrons. The van der Waals surface area contributed by atoms with Crippen LogP contribution in [0.25, 0.3) is 10.8 Å². The van der Waals surface area contributed by atoms with Gasteiger partial charge in [-0.1, -0.05) is 0 Å². The summed E-state index contributed by atoms with van der Waals surface area (Å²) in [5.41, 5.74) is 2.75. The lowest BCUT2D eigenvalue weighted by Gasteiger charge is -2.27. The van der Waals surface area contributed by atoms with E-state index in [9.17, 15) is 19.2 Å². The number of amides is 2. The number of nitrogens with one attached hydrogen (secondary N) is 2. The van der Waals surface area contributed by atoms with Crippen LogP contribution in [0.2, 0.25) is 0 Å². The average molecular weight is 379 g/mol. The van der Waals surface area contributed by atoms with E-state index in [1.807, 2.05) is 6.07 Å². The Kier molecular flexibility index (Phi) is 3.94. The molecule has 2 fully saturated rings. The number of benzene rings is 1. The summed E-state index contributed by atoms with van der Waals surface area (Å²) in [6.45, 7) is 2.05. The second kappa shape index (κ2) is 6.38. The normalized spacial score (nSPS) is 26.6.